The predicted molar refractivity (Wildman–Crippen MR) is 116 cm³/mol. The molecular weight excluding hydrogens is 460 g/mol. The second-order valence-electron chi connectivity index (χ2n) is 8.53. The van der Waals surface area contributed by atoms with Crippen LogP contribution in [0.25, 0.3) is 0 Å². The molecule has 34 heavy (non-hydrogen) atoms. The van der Waals surface area contributed by atoms with Gasteiger partial charge in [0, 0.05) is 25.9 Å². The van der Waals surface area contributed by atoms with Crippen LogP contribution in [0.4, 0.5) is 0 Å². The lowest BCUT2D eigenvalue weighted by atomic mass is 9.89. The number of rotatable bonds is 18. The summed E-state index contributed by atoms with van der Waals surface area (Å²) in [6.45, 7) is 1.11. The van der Waals surface area contributed by atoms with Crippen molar-refractivity contribution in [3.05, 3.63) is 0 Å². The SMILES string of the molecule is CNCC(O)C(O)C(O)C(O)C(O)C(=O)CC(C)CC(=O)C(O)C(O)C(O)C(O)C(O)CNC. The largest absolute Gasteiger partial charge is 0.389 e. The van der Waals surface area contributed by atoms with Crippen molar-refractivity contribution in [1.29, 1.82) is 0 Å². The molecule has 0 radical (unpaired) electrons. The number of nitrogens with one attached hydrogen (secondary N) is 2. The zero-order valence-electron chi connectivity index (χ0n) is 19.5. The first-order chi connectivity index (χ1) is 15.7. The van der Waals surface area contributed by atoms with Crippen LogP contribution in [0.5, 0.6) is 0 Å². The Morgan fingerprint density at radius 3 is 1.12 bits per heavy atom. The van der Waals surface area contributed by atoms with Crippen LogP contribution < -0.4 is 10.6 Å². The Bertz CT molecular complexity index is 562. The number of hydrogen-bond donors (Lipinski definition) is 12. The maximum absolute atomic E-state index is 12.2. The Hall–Kier alpha value is -1.14. The fourth-order valence-electron chi connectivity index (χ4n) is 3.27. The molecule has 202 valence electrons. The average molecular weight is 501 g/mol. The van der Waals surface area contributed by atoms with Gasteiger partial charge in [0.2, 0.25) is 0 Å². The van der Waals surface area contributed by atoms with Crippen LogP contribution in [0.1, 0.15) is 19.8 Å². The molecule has 0 aromatic heterocycles. The highest BCUT2D eigenvalue weighted by molar-refractivity contribution is 5.86. The molecule has 10 unspecified atom stereocenters. The number of aliphatic hydroxyl groups excluding tert-OH is 10. The van der Waals surface area contributed by atoms with Gasteiger partial charge in [-0.15, -0.1) is 0 Å². The van der Waals surface area contributed by atoms with Crippen molar-refractivity contribution in [3.8, 4) is 0 Å². The lowest BCUT2D eigenvalue weighted by Crippen LogP contribution is -2.53. The molecule has 0 rings (SSSR count). The summed E-state index contributed by atoms with van der Waals surface area (Å²) in [5, 5.41) is 104. The molecule has 0 fully saturated rings. The zero-order valence-corrected chi connectivity index (χ0v) is 19.5. The van der Waals surface area contributed by atoms with Crippen molar-refractivity contribution >= 4 is 11.6 Å². The second kappa shape index (κ2) is 15.8. The van der Waals surface area contributed by atoms with E-state index in [1.165, 1.54) is 21.0 Å². The van der Waals surface area contributed by atoms with Gasteiger partial charge < -0.3 is 61.7 Å². The molecule has 0 saturated heterocycles. The van der Waals surface area contributed by atoms with Gasteiger partial charge in [-0.05, 0) is 20.0 Å². The summed E-state index contributed by atoms with van der Waals surface area (Å²) in [5.74, 6) is -2.82. The smallest absolute Gasteiger partial charge is 0.164 e. The maximum atomic E-state index is 12.2. The summed E-state index contributed by atoms with van der Waals surface area (Å²) in [4.78, 5) is 24.5. The molecule has 10 atom stereocenters. The van der Waals surface area contributed by atoms with Gasteiger partial charge in [-0.3, -0.25) is 9.59 Å². The highest BCUT2D eigenvalue weighted by atomic mass is 16.4. The van der Waals surface area contributed by atoms with Crippen molar-refractivity contribution in [1.82, 2.24) is 10.6 Å². The first kappa shape index (κ1) is 32.9. The van der Waals surface area contributed by atoms with Gasteiger partial charge in [-0.25, -0.2) is 0 Å². The van der Waals surface area contributed by atoms with Gasteiger partial charge in [-0.1, -0.05) is 6.92 Å². The summed E-state index contributed by atoms with van der Waals surface area (Å²) >= 11 is 0. The minimum Gasteiger partial charge on any atom is -0.389 e. The quantitative estimate of drug-likeness (QED) is 0.0835. The van der Waals surface area contributed by atoms with E-state index in [-0.39, 0.29) is 13.1 Å². The minimum absolute atomic E-state index is 0.136. The summed E-state index contributed by atoms with van der Waals surface area (Å²) in [6.07, 6.45) is -20.4. The van der Waals surface area contributed by atoms with Crippen molar-refractivity contribution in [2.45, 2.75) is 80.8 Å². The van der Waals surface area contributed by atoms with Gasteiger partial charge >= 0.3 is 0 Å². The number of aliphatic hydroxyl groups is 10. The summed E-state index contributed by atoms with van der Waals surface area (Å²) < 4.78 is 0. The van der Waals surface area contributed by atoms with Gasteiger partial charge in [0.1, 0.15) is 48.8 Å². The zero-order chi connectivity index (χ0) is 26.7. The number of Topliss-reactive ketones (excluding diaryl/α,β-unsaturated/α-hetero) is 2. The Morgan fingerprint density at radius 1 is 0.559 bits per heavy atom. The third kappa shape index (κ3) is 9.85. The molecule has 12 N–H and O–H groups in total. The van der Waals surface area contributed by atoms with Crippen LogP contribution in [0.3, 0.4) is 0 Å². The number of hydrogen-bond acceptors (Lipinski definition) is 14. The van der Waals surface area contributed by atoms with Crippen LogP contribution in [-0.4, -0.2) is 151 Å². The van der Waals surface area contributed by atoms with Gasteiger partial charge in [0.05, 0.1) is 12.2 Å². The van der Waals surface area contributed by atoms with E-state index in [1.807, 2.05) is 0 Å². The number of ketones is 2. The fourth-order valence-corrected chi connectivity index (χ4v) is 3.27. The summed E-state index contributed by atoms with van der Waals surface area (Å²) in [5.41, 5.74) is 0. The molecule has 0 aliphatic carbocycles. The second-order valence-corrected chi connectivity index (χ2v) is 8.53. The van der Waals surface area contributed by atoms with E-state index >= 15 is 0 Å². The van der Waals surface area contributed by atoms with E-state index in [4.69, 9.17) is 0 Å². The number of likely N-dealkylation sites (N-methyl/N-ethyl adjacent to an activating group) is 2. The Morgan fingerprint density at radius 2 is 0.853 bits per heavy atom. The lowest BCUT2D eigenvalue weighted by molar-refractivity contribution is -0.155. The van der Waals surface area contributed by atoms with E-state index in [1.54, 1.807) is 0 Å². The van der Waals surface area contributed by atoms with E-state index in [0.717, 1.165) is 0 Å². The van der Waals surface area contributed by atoms with Gasteiger partial charge in [0.15, 0.2) is 11.6 Å². The van der Waals surface area contributed by atoms with Gasteiger partial charge in [0.25, 0.3) is 0 Å². The molecule has 14 nitrogen and oxygen atoms in total. The molecule has 0 aliphatic heterocycles. The van der Waals surface area contributed by atoms with Crippen molar-refractivity contribution in [2.24, 2.45) is 5.92 Å². The first-order valence-electron chi connectivity index (χ1n) is 10.9. The van der Waals surface area contributed by atoms with E-state index in [9.17, 15) is 60.7 Å². The monoisotopic (exact) mass is 500 g/mol. The standard InChI is InChI=1S/C20H40N2O12/c1-8(4-9(23)13(27)17(31)19(33)15(29)11(25)6-21-2)5-10(24)14(28)18(32)20(34)16(30)12(26)7-22-3/h8,11-22,25-34H,4-7H2,1-3H3. The molecule has 14 heteroatoms. The fraction of sp³-hybridized carbons (Fsp3) is 0.900. The Kier molecular flexibility index (Phi) is 15.2. The molecule has 0 aliphatic rings. The number of carbonyl (C=O) groups excluding carboxylic acids is 2. The maximum Gasteiger partial charge on any atom is 0.164 e. The molecule has 0 spiro atoms. The van der Waals surface area contributed by atoms with Crippen molar-refractivity contribution < 1.29 is 60.7 Å². The number of carbonyl (C=O) groups is 2. The van der Waals surface area contributed by atoms with Gasteiger partial charge in [-0.2, -0.15) is 0 Å². The Balaban J connectivity index is 4.88. The highest BCUT2D eigenvalue weighted by Crippen LogP contribution is 2.17. The Labute approximate surface area is 197 Å². The van der Waals surface area contributed by atoms with Crippen molar-refractivity contribution in [3.63, 3.8) is 0 Å². The molecule has 0 aromatic carbocycles. The molecular formula is C20H40N2O12. The molecule has 0 heterocycles. The topological polar surface area (TPSA) is 260 Å². The first-order valence-corrected chi connectivity index (χ1v) is 10.9. The van der Waals surface area contributed by atoms with E-state index < -0.39 is 91.4 Å². The van der Waals surface area contributed by atoms with Crippen molar-refractivity contribution in [2.75, 3.05) is 27.2 Å². The highest BCUT2D eigenvalue weighted by Gasteiger charge is 2.39. The van der Waals surface area contributed by atoms with Crippen LogP contribution in [0.15, 0.2) is 0 Å². The van der Waals surface area contributed by atoms with Crippen LogP contribution >= 0.6 is 0 Å². The third-order valence-corrected chi connectivity index (χ3v) is 5.42. The van der Waals surface area contributed by atoms with E-state index in [0.29, 0.717) is 0 Å². The summed E-state index contributed by atoms with van der Waals surface area (Å²) in [7, 11) is 2.93. The average Bonchev–Trinajstić information content (AvgIpc) is 2.79. The van der Waals surface area contributed by atoms with Crippen LogP contribution in [-0.2, 0) is 9.59 Å². The normalized spacial score (nSPS) is 21.9. The third-order valence-electron chi connectivity index (χ3n) is 5.42. The van der Waals surface area contributed by atoms with Crippen LogP contribution in [0, 0.1) is 5.92 Å². The molecule has 0 aromatic rings. The minimum atomic E-state index is -2.15. The predicted octanol–water partition coefficient (Wildman–Crippen LogP) is -6.41. The van der Waals surface area contributed by atoms with E-state index in [2.05, 4.69) is 10.6 Å². The summed E-state index contributed by atoms with van der Waals surface area (Å²) in [6, 6.07) is 0. The molecule has 0 amide bonds. The lowest BCUT2D eigenvalue weighted by Gasteiger charge is -2.29. The molecule has 0 saturated carbocycles. The molecule has 0 bridgehead atoms. The van der Waals surface area contributed by atoms with Crippen LogP contribution in [0.2, 0.25) is 0 Å².